The highest BCUT2D eigenvalue weighted by Gasteiger charge is 2.15. The van der Waals surface area contributed by atoms with Gasteiger partial charge in [0.05, 0.1) is 23.3 Å². The minimum atomic E-state index is -0.264. The maximum absolute atomic E-state index is 11.9. The van der Waals surface area contributed by atoms with Gasteiger partial charge in [-0.05, 0) is 31.5 Å². The molecule has 0 fully saturated rings. The molecule has 2 aromatic heterocycles. The van der Waals surface area contributed by atoms with Crippen molar-refractivity contribution in [1.82, 2.24) is 9.55 Å². The van der Waals surface area contributed by atoms with Crippen LogP contribution in [0.4, 0.5) is 0 Å². The van der Waals surface area contributed by atoms with Crippen molar-refractivity contribution in [3.8, 4) is 5.69 Å². The number of aromatic nitrogens is 2. The quantitative estimate of drug-likeness (QED) is 0.662. The average Bonchev–Trinajstić information content (AvgIpc) is 3.11. The van der Waals surface area contributed by atoms with E-state index >= 15 is 0 Å². The molecule has 0 aliphatic heterocycles. The van der Waals surface area contributed by atoms with Gasteiger partial charge in [0.1, 0.15) is 10.7 Å². The Morgan fingerprint density at radius 3 is 2.91 bits per heavy atom. The first-order valence-corrected chi connectivity index (χ1v) is 8.35. The molecule has 0 aliphatic rings. The number of carbonyl (C=O) groups is 1. The fourth-order valence-corrected chi connectivity index (χ4v) is 3.27. The molecular weight excluding hydrogens is 296 g/mol. The summed E-state index contributed by atoms with van der Waals surface area (Å²) >= 11 is 1.41. The molecule has 0 saturated carbocycles. The van der Waals surface area contributed by atoms with Gasteiger partial charge in [-0.25, -0.2) is 9.78 Å². The first-order valence-electron chi connectivity index (χ1n) is 7.47. The van der Waals surface area contributed by atoms with Crippen molar-refractivity contribution < 1.29 is 9.53 Å². The maximum atomic E-state index is 11.9. The zero-order valence-corrected chi connectivity index (χ0v) is 13.5. The molecular formula is C17H18N2O2S. The van der Waals surface area contributed by atoms with Crippen molar-refractivity contribution in [2.45, 2.75) is 26.7 Å². The Bertz CT molecular complexity index is 804. The largest absolute Gasteiger partial charge is 0.462 e. The third-order valence-corrected chi connectivity index (χ3v) is 4.32. The lowest BCUT2D eigenvalue weighted by Crippen LogP contribution is -2.03. The van der Waals surface area contributed by atoms with Crippen molar-refractivity contribution in [2.24, 2.45) is 0 Å². The summed E-state index contributed by atoms with van der Waals surface area (Å²) in [5, 5.41) is 1.99. The highest BCUT2D eigenvalue weighted by molar-refractivity contribution is 7.12. The molecule has 0 unspecified atom stereocenters. The standard InChI is InChI=1S/C17H18N2O2S/c1-3-7-16-18-13-8-5-6-9-14(13)19(16)12-10-15(22-11-12)17(20)21-4-2/h5-6,8-11H,3-4,7H2,1-2H3. The van der Waals surface area contributed by atoms with Gasteiger partial charge in [-0.2, -0.15) is 0 Å². The monoisotopic (exact) mass is 314 g/mol. The molecule has 3 rings (SSSR count). The van der Waals surface area contributed by atoms with Crippen molar-refractivity contribution in [3.05, 3.63) is 46.4 Å². The lowest BCUT2D eigenvalue weighted by Gasteiger charge is -2.06. The Labute approximate surface area is 133 Å². The van der Waals surface area contributed by atoms with Crippen LogP contribution in [-0.4, -0.2) is 22.1 Å². The van der Waals surface area contributed by atoms with Crippen LogP contribution in [0.3, 0.4) is 0 Å². The number of hydrogen-bond donors (Lipinski definition) is 0. The molecule has 0 saturated heterocycles. The first-order chi connectivity index (χ1) is 10.7. The highest BCUT2D eigenvalue weighted by Crippen LogP contribution is 2.26. The number of imidazole rings is 1. The summed E-state index contributed by atoms with van der Waals surface area (Å²) in [7, 11) is 0. The minimum absolute atomic E-state index is 0.264. The Balaban J connectivity index is 2.09. The first kappa shape index (κ1) is 14.8. The number of benzene rings is 1. The summed E-state index contributed by atoms with van der Waals surface area (Å²) in [6.07, 6.45) is 1.93. The van der Waals surface area contributed by atoms with Crippen molar-refractivity contribution in [3.63, 3.8) is 0 Å². The van der Waals surface area contributed by atoms with Crippen LogP contribution in [0, 0.1) is 0 Å². The van der Waals surface area contributed by atoms with Crippen LogP contribution in [0.2, 0.25) is 0 Å². The van der Waals surface area contributed by atoms with E-state index in [1.807, 2.05) is 36.6 Å². The van der Waals surface area contributed by atoms with Crippen molar-refractivity contribution in [2.75, 3.05) is 6.61 Å². The third kappa shape index (κ3) is 2.64. The van der Waals surface area contributed by atoms with E-state index in [2.05, 4.69) is 17.6 Å². The smallest absolute Gasteiger partial charge is 0.348 e. The fraction of sp³-hybridized carbons (Fsp3) is 0.294. The van der Waals surface area contributed by atoms with E-state index in [9.17, 15) is 4.79 Å². The second-order valence-electron chi connectivity index (χ2n) is 4.99. The van der Waals surface area contributed by atoms with Gasteiger partial charge in [-0.1, -0.05) is 19.1 Å². The van der Waals surface area contributed by atoms with Gasteiger partial charge in [-0.3, -0.25) is 4.57 Å². The van der Waals surface area contributed by atoms with Crippen molar-refractivity contribution >= 4 is 28.3 Å². The number of aryl methyl sites for hydroxylation is 1. The number of hydrogen-bond acceptors (Lipinski definition) is 4. The van der Waals surface area contributed by atoms with Crippen LogP contribution in [0.5, 0.6) is 0 Å². The summed E-state index contributed by atoms with van der Waals surface area (Å²) in [4.78, 5) is 17.2. The Hall–Kier alpha value is -2.14. The number of carbonyl (C=O) groups excluding carboxylic acids is 1. The number of nitrogens with zero attached hydrogens (tertiary/aromatic N) is 2. The van der Waals surface area contributed by atoms with Crippen LogP contribution < -0.4 is 0 Å². The van der Waals surface area contributed by atoms with Gasteiger partial charge in [-0.15, -0.1) is 11.3 Å². The van der Waals surface area contributed by atoms with Gasteiger partial charge < -0.3 is 4.74 Å². The minimum Gasteiger partial charge on any atom is -0.462 e. The van der Waals surface area contributed by atoms with Gasteiger partial charge in [0.15, 0.2) is 0 Å². The summed E-state index contributed by atoms with van der Waals surface area (Å²) < 4.78 is 7.21. The predicted octanol–water partition coefficient (Wildman–Crippen LogP) is 4.22. The van der Waals surface area contributed by atoms with Gasteiger partial charge >= 0.3 is 5.97 Å². The molecule has 22 heavy (non-hydrogen) atoms. The Kier molecular flexibility index (Phi) is 4.24. The van der Waals surface area contributed by atoms with Crippen LogP contribution in [0.1, 0.15) is 35.8 Å². The molecule has 0 atom stereocenters. The van der Waals surface area contributed by atoms with Gasteiger partial charge in [0, 0.05) is 11.8 Å². The number of thiophene rings is 1. The van der Waals surface area contributed by atoms with Crippen LogP contribution >= 0.6 is 11.3 Å². The molecule has 2 heterocycles. The normalized spacial score (nSPS) is 11.0. The topological polar surface area (TPSA) is 44.1 Å². The molecule has 0 N–H and O–H groups in total. The van der Waals surface area contributed by atoms with Gasteiger partial charge in [0.25, 0.3) is 0 Å². The van der Waals surface area contributed by atoms with Crippen LogP contribution in [-0.2, 0) is 11.2 Å². The van der Waals surface area contributed by atoms with E-state index in [0.717, 1.165) is 35.4 Å². The highest BCUT2D eigenvalue weighted by atomic mass is 32.1. The zero-order chi connectivity index (χ0) is 15.5. The molecule has 114 valence electrons. The molecule has 1 aromatic carbocycles. The van der Waals surface area contributed by atoms with Crippen LogP contribution in [0.15, 0.2) is 35.7 Å². The number of rotatable bonds is 5. The zero-order valence-electron chi connectivity index (χ0n) is 12.7. The van der Waals surface area contributed by atoms with E-state index in [4.69, 9.17) is 9.72 Å². The summed E-state index contributed by atoms with van der Waals surface area (Å²) in [5.74, 6) is 0.761. The number of ether oxygens (including phenoxy) is 1. The molecule has 0 aliphatic carbocycles. The number of esters is 1. The van der Waals surface area contributed by atoms with E-state index in [0.29, 0.717) is 11.5 Å². The van der Waals surface area contributed by atoms with E-state index in [1.165, 1.54) is 11.3 Å². The lowest BCUT2D eigenvalue weighted by molar-refractivity contribution is 0.0532. The third-order valence-electron chi connectivity index (χ3n) is 3.42. The maximum Gasteiger partial charge on any atom is 0.348 e. The second-order valence-corrected chi connectivity index (χ2v) is 5.90. The molecule has 0 amide bonds. The van der Waals surface area contributed by atoms with E-state index in [1.54, 1.807) is 0 Å². The summed E-state index contributed by atoms with van der Waals surface area (Å²) in [5.41, 5.74) is 3.03. The summed E-state index contributed by atoms with van der Waals surface area (Å²) in [6, 6.07) is 9.96. The molecule has 0 radical (unpaired) electrons. The molecule has 3 aromatic rings. The average molecular weight is 314 g/mol. The molecule has 4 nitrogen and oxygen atoms in total. The Morgan fingerprint density at radius 1 is 1.32 bits per heavy atom. The van der Waals surface area contributed by atoms with E-state index in [-0.39, 0.29) is 5.97 Å². The lowest BCUT2D eigenvalue weighted by atomic mass is 10.3. The molecule has 0 spiro atoms. The van der Waals surface area contributed by atoms with Gasteiger partial charge in [0.2, 0.25) is 0 Å². The molecule has 0 bridgehead atoms. The number of fused-ring (bicyclic) bond motifs is 1. The van der Waals surface area contributed by atoms with E-state index < -0.39 is 0 Å². The summed E-state index contributed by atoms with van der Waals surface area (Å²) in [6.45, 7) is 4.34. The predicted molar refractivity (Wildman–Crippen MR) is 88.9 cm³/mol. The molecule has 5 heteroatoms. The fourth-order valence-electron chi connectivity index (χ4n) is 2.51. The van der Waals surface area contributed by atoms with Crippen molar-refractivity contribution in [1.29, 1.82) is 0 Å². The SMILES string of the molecule is CCCc1nc2ccccc2n1-c1csc(C(=O)OCC)c1. The number of para-hydroxylation sites is 2. The second kappa shape index (κ2) is 6.32. The van der Waals surface area contributed by atoms with Crippen LogP contribution in [0.25, 0.3) is 16.7 Å². The Morgan fingerprint density at radius 2 is 2.14 bits per heavy atom.